The average molecular weight is 399 g/mol. The maximum Gasteiger partial charge on any atom is 0.240 e. The number of halogens is 1. The summed E-state index contributed by atoms with van der Waals surface area (Å²) in [5.74, 6) is 0.745. The molecule has 0 N–H and O–H groups in total. The number of carbonyl (C=O) groups excluding carboxylic acids is 1. The van der Waals surface area contributed by atoms with Gasteiger partial charge in [-0.15, -0.1) is 16.7 Å². The average Bonchev–Trinajstić information content (AvgIpc) is 3.07. The van der Waals surface area contributed by atoms with Crippen molar-refractivity contribution >= 4 is 34.2 Å². The van der Waals surface area contributed by atoms with Gasteiger partial charge < -0.3 is 9.80 Å². The molecule has 2 aromatic heterocycles. The minimum atomic E-state index is -0.498. The van der Waals surface area contributed by atoms with Crippen LogP contribution in [0.15, 0.2) is 30.3 Å². The van der Waals surface area contributed by atoms with Gasteiger partial charge in [0.2, 0.25) is 5.91 Å². The molecule has 146 valence electrons. The number of alkyl halides is 1. The number of benzene rings is 1. The van der Waals surface area contributed by atoms with Gasteiger partial charge in [0.05, 0.1) is 22.5 Å². The Labute approximate surface area is 168 Å². The molecule has 0 spiro atoms. The van der Waals surface area contributed by atoms with Crippen molar-refractivity contribution in [1.82, 2.24) is 24.9 Å². The SMILES string of the molecule is Cc1nnc(N2CCN(C(=O)C(C)Cl)CC2)c2nn(-c3ccccc3)c(C)c12. The highest BCUT2D eigenvalue weighted by atomic mass is 35.5. The Kier molecular flexibility index (Phi) is 4.93. The van der Waals surface area contributed by atoms with E-state index in [2.05, 4.69) is 22.0 Å². The summed E-state index contributed by atoms with van der Waals surface area (Å²) in [6, 6.07) is 10.1. The summed E-state index contributed by atoms with van der Waals surface area (Å²) < 4.78 is 1.94. The summed E-state index contributed by atoms with van der Waals surface area (Å²) in [6.07, 6.45) is 0. The lowest BCUT2D eigenvalue weighted by Crippen LogP contribution is -2.50. The molecule has 1 aromatic carbocycles. The maximum absolute atomic E-state index is 12.1. The summed E-state index contributed by atoms with van der Waals surface area (Å²) in [4.78, 5) is 16.1. The Balaban J connectivity index is 1.69. The van der Waals surface area contributed by atoms with E-state index in [9.17, 15) is 4.79 Å². The molecule has 1 atom stereocenters. The van der Waals surface area contributed by atoms with Crippen LogP contribution >= 0.6 is 11.6 Å². The number of hydrogen-bond donors (Lipinski definition) is 0. The molecule has 1 saturated heterocycles. The fourth-order valence-electron chi connectivity index (χ4n) is 3.74. The molecular weight excluding hydrogens is 376 g/mol. The molecule has 1 amide bonds. The van der Waals surface area contributed by atoms with Gasteiger partial charge in [-0.3, -0.25) is 4.79 Å². The van der Waals surface area contributed by atoms with Crippen molar-refractivity contribution in [2.75, 3.05) is 31.1 Å². The van der Waals surface area contributed by atoms with Crippen LogP contribution in [0.5, 0.6) is 0 Å². The van der Waals surface area contributed by atoms with Gasteiger partial charge in [-0.05, 0) is 32.9 Å². The molecule has 8 heteroatoms. The van der Waals surface area contributed by atoms with Crippen LogP contribution in [0.3, 0.4) is 0 Å². The number of aromatic nitrogens is 4. The minimum absolute atomic E-state index is 0.0225. The molecule has 28 heavy (non-hydrogen) atoms. The van der Waals surface area contributed by atoms with Crippen molar-refractivity contribution in [3.05, 3.63) is 41.7 Å². The smallest absolute Gasteiger partial charge is 0.240 e. The number of hydrogen-bond acceptors (Lipinski definition) is 5. The number of fused-ring (bicyclic) bond motifs is 1. The third-order valence-electron chi connectivity index (χ3n) is 5.22. The number of carbonyl (C=O) groups is 1. The van der Waals surface area contributed by atoms with Crippen LogP contribution < -0.4 is 4.90 Å². The number of rotatable bonds is 3. The first-order chi connectivity index (χ1) is 13.5. The first-order valence-electron chi connectivity index (χ1n) is 9.43. The van der Waals surface area contributed by atoms with Crippen LogP contribution in [-0.4, -0.2) is 62.3 Å². The fraction of sp³-hybridized carbons (Fsp3) is 0.400. The topological polar surface area (TPSA) is 67.2 Å². The van der Waals surface area contributed by atoms with E-state index in [0.717, 1.165) is 33.8 Å². The van der Waals surface area contributed by atoms with E-state index in [0.29, 0.717) is 26.2 Å². The normalized spacial score (nSPS) is 15.9. The molecule has 0 saturated carbocycles. The van der Waals surface area contributed by atoms with E-state index in [1.54, 1.807) is 11.8 Å². The molecule has 1 aliphatic heterocycles. The zero-order valence-electron chi connectivity index (χ0n) is 16.3. The van der Waals surface area contributed by atoms with Crippen LogP contribution in [0, 0.1) is 13.8 Å². The minimum Gasteiger partial charge on any atom is -0.350 e. The highest BCUT2D eigenvalue weighted by molar-refractivity contribution is 6.30. The van der Waals surface area contributed by atoms with Gasteiger partial charge in [-0.2, -0.15) is 10.2 Å². The van der Waals surface area contributed by atoms with Gasteiger partial charge >= 0.3 is 0 Å². The van der Waals surface area contributed by atoms with E-state index >= 15 is 0 Å². The second kappa shape index (κ2) is 7.39. The van der Waals surface area contributed by atoms with Gasteiger partial charge in [-0.25, -0.2) is 4.68 Å². The zero-order chi connectivity index (χ0) is 19.8. The number of anilines is 1. The summed E-state index contributed by atoms with van der Waals surface area (Å²) in [5.41, 5.74) is 3.76. The molecule has 1 unspecified atom stereocenters. The molecule has 0 bridgehead atoms. The van der Waals surface area contributed by atoms with E-state index in [1.165, 1.54) is 0 Å². The molecule has 1 aliphatic rings. The molecule has 7 nitrogen and oxygen atoms in total. The lowest BCUT2D eigenvalue weighted by Gasteiger charge is -2.35. The summed E-state index contributed by atoms with van der Waals surface area (Å²) in [5, 5.41) is 14.2. The molecule has 0 aliphatic carbocycles. The van der Waals surface area contributed by atoms with Gasteiger partial charge in [0.1, 0.15) is 10.9 Å². The highest BCUT2D eigenvalue weighted by Crippen LogP contribution is 2.29. The number of nitrogens with zero attached hydrogens (tertiary/aromatic N) is 6. The first-order valence-corrected chi connectivity index (χ1v) is 9.87. The second-order valence-corrected chi connectivity index (χ2v) is 7.75. The predicted octanol–water partition coefficient (Wildman–Crippen LogP) is 2.71. The molecule has 3 aromatic rings. The molecular formula is C20H23ClN6O. The Bertz CT molecular complexity index is 1010. The lowest BCUT2D eigenvalue weighted by molar-refractivity contribution is -0.130. The van der Waals surface area contributed by atoms with Crippen molar-refractivity contribution in [2.24, 2.45) is 0 Å². The quantitative estimate of drug-likeness (QED) is 0.634. The van der Waals surface area contributed by atoms with Gasteiger partial charge in [0.15, 0.2) is 5.82 Å². The van der Waals surface area contributed by atoms with E-state index in [4.69, 9.17) is 16.7 Å². The Hall–Kier alpha value is -2.67. The van der Waals surface area contributed by atoms with Crippen LogP contribution in [0.2, 0.25) is 0 Å². The van der Waals surface area contributed by atoms with Crippen LogP contribution in [0.4, 0.5) is 5.82 Å². The second-order valence-electron chi connectivity index (χ2n) is 7.09. The summed E-state index contributed by atoms with van der Waals surface area (Å²) in [7, 11) is 0. The largest absolute Gasteiger partial charge is 0.350 e. The van der Waals surface area contributed by atoms with Gasteiger partial charge in [0, 0.05) is 26.2 Å². The Morgan fingerprint density at radius 3 is 2.39 bits per heavy atom. The van der Waals surface area contributed by atoms with Crippen molar-refractivity contribution in [3.63, 3.8) is 0 Å². The Morgan fingerprint density at radius 2 is 1.75 bits per heavy atom. The molecule has 0 radical (unpaired) electrons. The number of aryl methyl sites for hydroxylation is 2. The van der Waals surface area contributed by atoms with Crippen molar-refractivity contribution < 1.29 is 4.79 Å². The number of para-hydroxylation sites is 1. The predicted molar refractivity (Wildman–Crippen MR) is 110 cm³/mol. The third kappa shape index (κ3) is 3.20. The first kappa shape index (κ1) is 18.7. The van der Waals surface area contributed by atoms with E-state index < -0.39 is 5.38 Å². The molecule has 3 heterocycles. The van der Waals surface area contributed by atoms with Crippen LogP contribution in [-0.2, 0) is 4.79 Å². The highest BCUT2D eigenvalue weighted by Gasteiger charge is 2.27. The molecule has 4 rings (SSSR count). The zero-order valence-corrected chi connectivity index (χ0v) is 17.0. The fourth-order valence-corrected chi connectivity index (χ4v) is 3.87. The van der Waals surface area contributed by atoms with Crippen LogP contribution in [0.25, 0.3) is 16.6 Å². The standard InChI is InChI=1S/C20H23ClN6O/c1-13(21)20(28)26-11-9-25(10-12-26)19-18-17(14(2)22-23-19)15(3)27(24-18)16-7-5-4-6-8-16/h4-8,13H,9-12H2,1-3H3. The lowest BCUT2D eigenvalue weighted by atomic mass is 10.2. The van der Waals surface area contributed by atoms with Crippen molar-refractivity contribution in [3.8, 4) is 5.69 Å². The Morgan fingerprint density at radius 1 is 1.07 bits per heavy atom. The van der Waals surface area contributed by atoms with E-state index in [1.807, 2.05) is 41.9 Å². The maximum atomic E-state index is 12.1. The number of piperazine rings is 1. The van der Waals surface area contributed by atoms with Gasteiger partial charge in [0.25, 0.3) is 0 Å². The summed E-state index contributed by atoms with van der Waals surface area (Å²) >= 11 is 5.95. The monoisotopic (exact) mass is 398 g/mol. The van der Waals surface area contributed by atoms with Crippen molar-refractivity contribution in [1.29, 1.82) is 0 Å². The van der Waals surface area contributed by atoms with Crippen molar-refractivity contribution in [2.45, 2.75) is 26.1 Å². The summed E-state index contributed by atoms with van der Waals surface area (Å²) in [6.45, 7) is 8.32. The van der Waals surface area contributed by atoms with Crippen LogP contribution in [0.1, 0.15) is 18.3 Å². The van der Waals surface area contributed by atoms with E-state index in [-0.39, 0.29) is 5.91 Å². The molecule has 1 fully saturated rings. The number of amides is 1. The van der Waals surface area contributed by atoms with Gasteiger partial charge in [-0.1, -0.05) is 18.2 Å². The third-order valence-corrected chi connectivity index (χ3v) is 5.40.